The second-order valence-corrected chi connectivity index (χ2v) is 14.5. The molecule has 0 N–H and O–H groups in total. The van der Waals surface area contributed by atoms with E-state index in [0.717, 1.165) is 35.9 Å². The fourth-order valence-electron chi connectivity index (χ4n) is 5.75. The van der Waals surface area contributed by atoms with E-state index in [1.807, 2.05) is 41.4 Å². The van der Waals surface area contributed by atoms with Gasteiger partial charge in [-0.2, -0.15) is 5.10 Å². The van der Waals surface area contributed by atoms with Crippen molar-refractivity contribution in [3.8, 4) is 5.75 Å². The lowest BCUT2D eigenvalue weighted by Gasteiger charge is -2.41. The number of hydrogen-bond donors (Lipinski definition) is 0. The van der Waals surface area contributed by atoms with Crippen LogP contribution in [0.5, 0.6) is 5.75 Å². The molecule has 10 nitrogen and oxygen atoms in total. The van der Waals surface area contributed by atoms with Crippen LogP contribution in [0.4, 0.5) is 17.1 Å². The normalized spacial score (nSPS) is 21.8. The van der Waals surface area contributed by atoms with Crippen molar-refractivity contribution in [3.05, 3.63) is 111 Å². The van der Waals surface area contributed by atoms with Crippen LogP contribution in [0.25, 0.3) is 0 Å². The van der Waals surface area contributed by atoms with Gasteiger partial charge < -0.3 is 28.6 Å². The van der Waals surface area contributed by atoms with Gasteiger partial charge in [-0.25, -0.2) is 14.7 Å². The molecule has 0 aliphatic carbocycles. The summed E-state index contributed by atoms with van der Waals surface area (Å²) in [5, 5.41) is 7.27. The van der Waals surface area contributed by atoms with E-state index in [9.17, 15) is 0 Å². The van der Waals surface area contributed by atoms with Crippen LogP contribution >= 0.6 is 57.1 Å². The zero-order chi connectivity index (χ0) is 32.4. The van der Waals surface area contributed by atoms with Crippen molar-refractivity contribution in [3.63, 3.8) is 0 Å². The Kier molecular flexibility index (Phi) is 9.76. The van der Waals surface area contributed by atoms with Crippen molar-refractivity contribution in [2.24, 2.45) is 12.0 Å². The van der Waals surface area contributed by atoms with Crippen molar-refractivity contribution >= 4 is 74.2 Å². The third-order valence-corrected chi connectivity index (χ3v) is 10.6. The number of piperazine rings is 1. The minimum atomic E-state index is -1.15. The maximum Gasteiger partial charge on any atom is 0.217 e. The number of rotatable bonds is 9. The quantitative estimate of drug-likeness (QED) is 0.0939. The van der Waals surface area contributed by atoms with Gasteiger partial charge in [0.1, 0.15) is 37.7 Å². The van der Waals surface area contributed by atoms with Crippen molar-refractivity contribution in [2.45, 2.75) is 22.5 Å². The van der Waals surface area contributed by atoms with Gasteiger partial charge in [-0.3, -0.25) is 0 Å². The molecule has 0 saturated carbocycles. The van der Waals surface area contributed by atoms with Crippen LogP contribution in [0.15, 0.2) is 96.0 Å². The van der Waals surface area contributed by atoms with Gasteiger partial charge in [0.25, 0.3) is 0 Å². The van der Waals surface area contributed by atoms with Crippen LogP contribution in [0, 0.1) is 0 Å². The van der Waals surface area contributed by atoms with Gasteiger partial charge in [0, 0.05) is 60.2 Å². The lowest BCUT2D eigenvalue weighted by molar-refractivity contribution is -0.190. The number of aryl methyl sites for hydroxylation is 1. The summed E-state index contributed by atoms with van der Waals surface area (Å²) in [5.74, 6) is -0.382. The Balaban J connectivity index is 0.947. The molecule has 47 heavy (non-hydrogen) atoms. The highest BCUT2D eigenvalue weighted by molar-refractivity contribution is 14.1. The van der Waals surface area contributed by atoms with E-state index in [0.29, 0.717) is 32.9 Å². The predicted molar refractivity (Wildman–Crippen MR) is 193 cm³/mol. The lowest BCUT2D eigenvalue weighted by atomic mass is 10.1. The van der Waals surface area contributed by atoms with Crippen LogP contribution in [0.3, 0.4) is 0 Å². The minimum absolute atomic E-state index is 0.278. The Morgan fingerprint density at radius 3 is 2.57 bits per heavy atom. The molecule has 244 valence electrons. The third-order valence-electron chi connectivity index (χ3n) is 8.16. The number of benzene rings is 3. The number of hydrogen-bond acceptors (Lipinski definition) is 9. The number of ether oxygens (including phenoxy) is 3. The van der Waals surface area contributed by atoms with E-state index >= 15 is 0 Å². The zero-order valence-corrected chi connectivity index (χ0v) is 29.9. The average Bonchev–Trinajstić information content (AvgIpc) is 3.84. The third kappa shape index (κ3) is 7.32. The fourth-order valence-corrected chi connectivity index (χ4v) is 8.13. The molecule has 2 saturated heterocycles. The molecule has 0 radical (unpaired) electrons. The molecule has 0 spiro atoms. The van der Waals surface area contributed by atoms with Crippen LogP contribution in [-0.4, -0.2) is 62.3 Å². The summed E-state index contributed by atoms with van der Waals surface area (Å²) in [6.07, 6.45) is 4.79. The highest BCUT2D eigenvalue weighted by Crippen LogP contribution is 2.40. The molecule has 2 fully saturated rings. The van der Waals surface area contributed by atoms with Gasteiger partial charge in [0.2, 0.25) is 5.79 Å². The summed E-state index contributed by atoms with van der Waals surface area (Å²) < 4.78 is 22.9. The highest BCUT2D eigenvalue weighted by Gasteiger charge is 2.45. The van der Waals surface area contributed by atoms with Crippen LogP contribution in [0.2, 0.25) is 10.0 Å². The SMILES string of the molecule is Cn1ccsc1=Nc1ccc(N2CCN(c3ccc(OCC4COC(Cn5cncn5)(c5ccc(Cl)cc5Cl)O4)cc3)CC2I)cc1. The lowest BCUT2D eigenvalue weighted by Crippen LogP contribution is -2.50. The maximum atomic E-state index is 6.59. The molecule has 2 aromatic heterocycles. The molecule has 3 aromatic carbocycles. The first-order valence-electron chi connectivity index (χ1n) is 15.1. The molecule has 14 heteroatoms. The first-order chi connectivity index (χ1) is 22.8. The second kappa shape index (κ2) is 14.1. The number of thiazole rings is 1. The number of aromatic nitrogens is 4. The van der Waals surface area contributed by atoms with E-state index in [1.165, 1.54) is 17.7 Å². The molecule has 3 unspecified atom stereocenters. The van der Waals surface area contributed by atoms with E-state index in [1.54, 1.807) is 34.5 Å². The second-order valence-electron chi connectivity index (χ2n) is 11.3. The van der Waals surface area contributed by atoms with Crippen LogP contribution in [0.1, 0.15) is 5.56 Å². The first-order valence-corrected chi connectivity index (χ1v) is 18.0. The fraction of sp³-hybridized carbons (Fsp3) is 0.303. The Labute approximate surface area is 300 Å². The van der Waals surface area contributed by atoms with Gasteiger partial charge in [-0.15, -0.1) is 11.3 Å². The molecular formula is C33H32Cl2IN7O3S. The van der Waals surface area contributed by atoms with Crippen LogP contribution < -0.4 is 19.3 Å². The Hall–Kier alpha value is -3.14. The largest absolute Gasteiger partial charge is 0.491 e. The number of halogens is 3. The molecule has 4 heterocycles. The molecule has 7 rings (SSSR count). The summed E-state index contributed by atoms with van der Waals surface area (Å²) in [4.78, 5) is 14.7. The van der Waals surface area contributed by atoms with Crippen molar-refractivity contribution < 1.29 is 14.2 Å². The van der Waals surface area contributed by atoms with Gasteiger partial charge in [-0.1, -0.05) is 51.9 Å². The van der Waals surface area contributed by atoms with E-state index in [-0.39, 0.29) is 12.6 Å². The summed E-state index contributed by atoms with van der Waals surface area (Å²) in [6, 6.07) is 22.0. The Bertz CT molecular complexity index is 1870. The van der Waals surface area contributed by atoms with E-state index in [4.69, 9.17) is 42.4 Å². The topological polar surface area (TPSA) is 82.2 Å². The Morgan fingerprint density at radius 2 is 1.87 bits per heavy atom. The van der Waals surface area contributed by atoms with Gasteiger partial charge in [0.05, 0.1) is 21.4 Å². The van der Waals surface area contributed by atoms with E-state index < -0.39 is 5.79 Å². The molecular weight excluding hydrogens is 772 g/mol. The Morgan fingerprint density at radius 1 is 1.06 bits per heavy atom. The van der Waals surface area contributed by atoms with Gasteiger partial charge >= 0.3 is 0 Å². The molecule has 5 aromatic rings. The van der Waals surface area contributed by atoms with Gasteiger partial charge in [-0.05, 0) is 60.7 Å². The zero-order valence-electron chi connectivity index (χ0n) is 25.5. The van der Waals surface area contributed by atoms with Crippen LogP contribution in [-0.2, 0) is 28.9 Å². The van der Waals surface area contributed by atoms with Crippen molar-refractivity contribution in [2.75, 3.05) is 42.6 Å². The number of anilines is 2. The minimum Gasteiger partial charge on any atom is -0.491 e. The molecule has 2 aliphatic rings. The molecule has 3 atom stereocenters. The van der Waals surface area contributed by atoms with E-state index in [2.05, 4.69) is 78.9 Å². The molecule has 0 amide bonds. The summed E-state index contributed by atoms with van der Waals surface area (Å²) in [6.45, 7) is 3.68. The highest BCUT2D eigenvalue weighted by atomic mass is 127. The van der Waals surface area contributed by atoms with Crippen molar-refractivity contribution in [1.82, 2.24) is 19.3 Å². The summed E-state index contributed by atoms with van der Waals surface area (Å²) >= 11 is 16.9. The molecule has 0 bridgehead atoms. The molecule has 2 aliphatic heterocycles. The number of nitrogens with zero attached hydrogens (tertiary/aromatic N) is 7. The summed E-state index contributed by atoms with van der Waals surface area (Å²) in [7, 11) is 2.01. The first kappa shape index (κ1) is 32.4. The average molecular weight is 805 g/mol. The van der Waals surface area contributed by atoms with Crippen molar-refractivity contribution in [1.29, 1.82) is 0 Å². The summed E-state index contributed by atoms with van der Waals surface area (Å²) in [5.41, 5.74) is 4.02. The van der Waals surface area contributed by atoms with Gasteiger partial charge in [0.15, 0.2) is 4.80 Å². The monoisotopic (exact) mass is 803 g/mol. The smallest absolute Gasteiger partial charge is 0.217 e. The number of alkyl halides is 1. The standard InChI is InChI=1S/C33H32Cl2IN7O3S/c1-40-14-15-47-32(40)39-24-3-5-26(6-4-24)43-13-12-41(17-31(43)36)25-7-9-27(10-8-25)44-18-28-19-45-33(46-28,20-42-22-37-21-38-42)29-11-2-23(34)16-30(29)35/h2-11,14-16,21-22,28,31H,12-13,17-20H2,1H3. The maximum absolute atomic E-state index is 6.59. The predicted octanol–water partition coefficient (Wildman–Crippen LogP) is 6.65.